The van der Waals surface area contributed by atoms with Gasteiger partial charge in [-0.1, -0.05) is 36.4 Å². The van der Waals surface area contributed by atoms with E-state index in [1.807, 2.05) is 62.4 Å². The highest BCUT2D eigenvalue weighted by atomic mass is 16.6. The first-order valence-electron chi connectivity index (χ1n) is 8.82. The van der Waals surface area contributed by atoms with E-state index in [1.54, 1.807) is 6.07 Å². The molecule has 1 N–H and O–H groups in total. The van der Waals surface area contributed by atoms with Crippen molar-refractivity contribution in [2.75, 3.05) is 11.9 Å². The zero-order valence-corrected chi connectivity index (χ0v) is 15.7. The van der Waals surface area contributed by atoms with Gasteiger partial charge in [-0.25, -0.2) is 4.79 Å². The van der Waals surface area contributed by atoms with Crippen LogP contribution in [0.5, 0.6) is 5.75 Å². The Morgan fingerprint density at radius 3 is 2.36 bits per heavy atom. The lowest BCUT2D eigenvalue weighted by atomic mass is 10.1. The minimum Gasteiger partial charge on any atom is -0.486 e. The lowest BCUT2D eigenvalue weighted by Gasteiger charge is -2.11. The molecule has 0 aliphatic carbocycles. The third kappa shape index (κ3) is 5.01. The van der Waals surface area contributed by atoms with Gasteiger partial charge in [0, 0.05) is 5.69 Å². The Balaban J connectivity index is 1.50. The molecule has 0 saturated heterocycles. The highest BCUT2D eigenvalue weighted by Gasteiger charge is 2.16. The molecule has 1 aromatic heterocycles. The Hall–Kier alpha value is -3.54. The highest BCUT2D eigenvalue weighted by Crippen LogP contribution is 2.19. The predicted molar refractivity (Wildman–Crippen MR) is 104 cm³/mol. The van der Waals surface area contributed by atoms with Crippen LogP contribution in [0.15, 0.2) is 65.1 Å². The van der Waals surface area contributed by atoms with Gasteiger partial charge in [0.25, 0.3) is 5.91 Å². The SMILES string of the molecule is Cc1cccc(C)c1NC(=O)COC(=O)c1ccc(COc2ccccc2)o1. The van der Waals surface area contributed by atoms with Crippen LogP contribution in [0.2, 0.25) is 0 Å². The summed E-state index contributed by atoms with van der Waals surface area (Å²) >= 11 is 0. The van der Waals surface area contributed by atoms with E-state index >= 15 is 0 Å². The van der Waals surface area contributed by atoms with Crippen molar-refractivity contribution in [3.63, 3.8) is 0 Å². The van der Waals surface area contributed by atoms with Gasteiger partial charge in [-0.3, -0.25) is 4.79 Å². The zero-order valence-electron chi connectivity index (χ0n) is 15.7. The van der Waals surface area contributed by atoms with Crippen molar-refractivity contribution in [3.05, 3.63) is 83.3 Å². The zero-order chi connectivity index (χ0) is 19.9. The minimum absolute atomic E-state index is 0.0199. The molecule has 0 atom stereocenters. The Bertz CT molecular complexity index is 942. The molecule has 0 radical (unpaired) electrons. The van der Waals surface area contributed by atoms with Gasteiger partial charge in [0.05, 0.1) is 0 Å². The van der Waals surface area contributed by atoms with Crippen molar-refractivity contribution >= 4 is 17.6 Å². The molecule has 0 saturated carbocycles. The number of benzene rings is 2. The minimum atomic E-state index is -0.706. The fourth-order valence-corrected chi connectivity index (χ4v) is 2.63. The van der Waals surface area contributed by atoms with E-state index in [0.717, 1.165) is 16.8 Å². The maximum absolute atomic E-state index is 12.1. The van der Waals surface area contributed by atoms with Crippen molar-refractivity contribution in [1.82, 2.24) is 0 Å². The van der Waals surface area contributed by atoms with E-state index in [2.05, 4.69) is 5.32 Å². The van der Waals surface area contributed by atoms with E-state index in [-0.39, 0.29) is 12.4 Å². The van der Waals surface area contributed by atoms with E-state index in [1.165, 1.54) is 6.07 Å². The summed E-state index contributed by atoms with van der Waals surface area (Å²) in [6, 6.07) is 18.1. The van der Waals surface area contributed by atoms with Crippen LogP contribution in [-0.4, -0.2) is 18.5 Å². The Labute approximate surface area is 163 Å². The number of hydrogen-bond donors (Lipinski definition) is 1. The largest absolute Gasteiger partial charge is 0.486 e. The van der Waals surface area contributed by atoms with Crippen molar-refractivity contribution in [1.29, 1.82) is 0 Å². The van der Waals surface area contributed by atoms with Crippen LogP contribution < -0.4 is 10.1 Å². The second-order valence-electron chi connectivity index (χ2n) is 6.26. The summed E-state index contributed by atoms with van der Waals surface area (Å²) in [5.74, 6) is 0.0843. The first kappa shape index (κ1) is 19.2. The van der Waals surface area contributed by atoms with E-state index in [0.29, 0.717) is 11.5 Å². The number of aryl methyl sites for hydroxylation is 2. The van der Waals surface area contributed by atoms with E-state index < -0.39 is 18.5 Å². The standard InChI is InChI=1S/C22H21NO5/c1-15-7-6-8-16(2)21(15)23-20(24)14-27-22(25)19-12-11-18(28-19)13-26-17-9-4-3-5-10-17/h3-12H,13-14H2,1-2H3,(H,23,24). The molecular weight excluding hydrogens is 358 g/mol. The topological polar surface area (TPSA) is 77.8 Å². The molecule has 6 heteroatoms. The number of ether oxygens (including phenoxy) is 2. The molecule has 1 amide bonds. The third-order valence-electron chi connectivity index (χ3n) is 4.07. The number of furan rings is 1. The summed E-state index contributed by atoms with van der Waals surface area (Å²) in [7, 11) is 0. The molecule has 0 spiro atoms. The van der Waals surface area contributed by atoms with Gasteiger partial charge in [0.2, 0.25) is 5.76 Å². The number of carbonyl (C=O) groups excluding carboxylic acids is 2. The molecule has 0 unspecified atom stereocenters. The molecule has 3 aromatic rings. The number of carbonyl (C=O) groups is 2. The molecule has 0 fully saturated rings. The maximum atomic E-state index is 12.1. The summed E-state index contributed by atoms with van der Waals surface area (Å²) in [5.41, 5.74) is 2.60. The number of amides is 1. The number of hydrogen-bond acceptors (Lipinski definition) is 5. The van der Waals surface area contributed by atoms with E-state index in [9.17, 15) is 9.59 Å². The Kier molecular flexibility index (Phi) is 6.11. The molecule has 3 rings (SSSR count). The number of anilines is 1. The molecule has 28 heavy (non-hydrogen) atoms. The van der Waals surface area contributed by atoms with Gasteiger partial charge in [-0.15, -0.1) is 0 Å². The molecule has 0 aliphatic rings. The van der Waals surface area contributed by atoms with Crippen molar-refractivity contribution in [2.45, 2.75) is 20.5 Å². The summed E-state index contributed by atoms with van der Waals surface area (Å²) in [6.45, 7) is 3.58. The van der Waals surface area contributed by atoms with Gasteiger partial charge in [-0.05, 0) is 49.2 Å². The van der Waals surface area contributed by atoms with Crippen LogP contribution in [0, 0.1) is 13.8 Å². The first-order valence-corrected chi connectivity index (χ1v) is 8.82. The first-order chi connectivity index (χ1) is 13.5. The second-order valence-corrected chi connectivity index (χ2v) is 6.26. The van der Waals surface area contributed by atoms with E-state index in [4.69, 9.17) is 13.9 Å². The molecule has 0 bridgehead atoms. The summed E-state index contributed by atoms with van der Waals surface area (Å²) in [5, 5.41) is 2.76. The van der Waals surface area contributed by atoms with Crippen LogP contribution >= 0.6 is 0 Å². The molecule has 144 valence electrons. The quantitative estimate of drug-likeness (QED) is 0.620. The van der Waals surface area contributed by atoms with Crippen LogP contribution in [0.25, 0.3) is 0 Å². The molecule has 6 nitrogen and oxygen atoms in total. The van der Waals surface area contributed by atoms with Crippen LogP contribution in [-0.2, 0) is 16.1 Å². The third-order valence-corrected chi connectivity index (χ3v) is 4.07. The summed E-state index contributed by atoms with van der Waals surface area (Å²) in [6.07, 6.45) is 0. The lowest BCUT2D eigenvalue weighted by Crippen LogP contribution is -2.21. The highest BCUT2D eigenvalue weighted by molar-refractivity contribution is 5.95. The number of nitrogens with one attached hydrogen (secondary N) is 1. The summed E-state index contributed by atoms with van der Waals surface area (Å²) in [4.78, 5) is 24.2. The van der Waals surface area contributed by atoms with Gasteiger partial charge < -0.3 is 19.2 Å². The number of esters is 1. The van der Waals surface area contributed by atoms with Crippen LogP contribution in [0.4, 0.5) is 5.69 Å². The lowest BCUT2D eigenvalue weighted by molar-refractivity contribution is -0.119. The summed E-state index contributed by atoms with van der Waals surface area (Å²) < 4.78 is 16.0. The van der Waals surface area contributed by atoms with Crippen molar-refractivity contribution in [3.8, 4) is 5.75 Å². The van der Waals surface area contributed by atoms with Gasteiger partial charge >= 0.3 is 5.97 Å². The maximum Gasteiger partial charge on any atom is 0.374 e. The second kappa shape index (κ2) is 8.90. The predicted octanol–water partition coefficient (Wildman–Crippen LogP) is 4.27. The fraction of sp³-hybridized carbons (Fsp3) is 0.182. The van der Waals surface area contributed by atoms with Gasteiger partial charge in [0.1, 0.15) is 18.1 Å². The van der Waals surface area contributed by atoms with Crippen LogP contribution in [0.1, 0.15) is 27.4 Å². The Morgan fingerprint density at radius 1 is 0.929 bits per heavy atom. The van der Waals surface area contributed by atoms with Crippen molar-refractivity contribution in [2.24, 2.45) is 0 Å². The average Bonchev–Trinajstić information content (AvgIpc) is 3.17. The fourth-order valence-electron chi connectivity index (χ4n) is 2.63. The van der Waals surface area contributed by atoms with Crippen molar-refractivity contribution < 1.29 is 23.5 Å². The smallest absolute Gasteiger partial charge is 0.374 e. The van der Waals surface area contributed by atoms with Gasteiger partial charge in [-0.2, -0.15) is 0 Å². The van der Waals surface area contributed by atoms with Crippen LogP contribution in [0.3, 0.4) is 0 Å². The monoisotopic (exact) mass is 379 g/mol. The molecule has 2 aromatic carbocycles. The number of para-hydroxylation sites is 2. The average molecular weight is 379 g/mol. The Morgan fingerprint density at radius 2 is 1.64 bits per heavy atom. The molecular formula is C22H21NO5. The normalized spacial score (nSPS) is 10.4. The molecule has 1 heterocycles. The number of rotatable bonds is 7. The van der Waals surface area contributed by atoms with Gasteiger partial charge in [0.15, 0.2) is 6.61 Å². The molecule has 0 aliphatic heterocycles.